The van der Waals surface area contributed by atoms with Crippen molar-refractivity contribution in [2.24, 2.45) is 11.1 Å². The summed E-state index contributed by atoms with van der Waals surface area (Å²) in [6.07, 6.45) is 1.50. The number of benzene rings is 2. The Balaban J connectivity index is 1.56. The third-order valence-electron chi connectivity index (χ3n) is 5.50. The van der Waals surface area contributed by atoms with E-state index in [0.29, 0.717) is 37.4 Å². The average molecular weight is 452 g/mol. The first kappa shape index (κ1) is 22.8. The molecular weight excluding hydrogens is 428 g/mol. The first-order valence-electron chi connectivity index (χ1n) is 9.87. The zero-order valence-electron chi connectivity index (χ0n) is 16.9. The predicted molar refractivity (Wildman–Crippen MR) is 114 cm³/mol. The lowest BCUT2D eigenvalue weighted by atomic mass is 9.75. The van der Waals surface area contributed by atoms with Gasteiger partial charge in [-0.2, -0.15) is 0 Å². The number of hydrogen-bond acceptors (Lipinski definition) is 3. The predicted octanol–water partition coefficient (Wildman–Crippen LogP) is 4.17. The van der Waals surface area contributed by atoms with Crippen molar-refractivity contribution in [1.29, 1.82) is 0 Å². The van der Waals surface area contributed by atoms with E-state index in [-0.39, 0.29) is 29.8 Å². The van der Waals surface area contributed by atoms with Gasteiger partial charge < -0.3 is 20.7 Å². The molecule has 1 heterocycles. The number of ether oxygens (including phenoxy) is 1. The number of carbonyl (C=O) groups is 2. The van der Waals surface area contributed by atoms with Crippen molar-refractivity contribution in [3.63, 3.8) is 0 Å². The standard InChI is InChI=1S/C22H24ClF2N3O3/c23-16-3-6-19(18(11-16)27-21(26)30)31-13-20(29)28-9-7-22(14-24,8-10-28)12-15-1-4-17(25)5-2-15/h1-6,11H,7-10,12-14H2,(H3,26,27,30). The van der Waals surface area contributed by atoms with E-state index in [4.69, 9.17) is 22.1 Å². The van der Waals surface area contributed by atoms with Gasteiger partial charge >= 0.3 is 6.03 Å². The summed E-state index contributed by atoms with van der Waals surface area (Å²) in [5, 5.41) is 2.78. The van der Waals surface area contributed by atoms with Gasteiger partial charge in [-0.1, -0.05) is 23.7 Å². The van der Waals surface area contributed by atoms with E-state index in [9.17, 15) is 18.4 Å². The van der Waals surface area contributed by atoms with Gasteiger partial charge in [-0.25, -0.2) is 9.18 Å². The second kappa shape index (κ2) is 9.96. The van der Waals surface area contributed by atoms with E-state index >= 15 is 0 Å². The monoisotopic (exact) mass is 451 g/mol. The highest BCUT2D eigenvalue weighted by atomic mass is 35.5. The van der Waals surface area contributed by atoms with Gasteiger partial charge in [-0.05, 0) is 55.2 Å². The van der Waals surface area contributed by atoms with Crippen molar-refractivity contribution in [3.8, 4) is 5.75 Å². The van der Waals surface area contributed by atoms with Crippen LogP contribution in [0.1, 0.15) is 18.4 Å². The zero-order chi connectivity index (χ0) is 22.4. The van der Waals surface area contributed by atoms with Gasteiger partial charge in [0.15, 0.2) is 6.61 Å². The molecule has 31 heavy (non-hydrogen) atoms. The molecule has 3 amide bonds. The molecule has 9 heteroatoms. The molecule has 1 fully saturated rings. The molecule has 0 saturated carbocycles. The molecular formula is C22H24ClF2N3O3. The van der Waals surface area contributed by atoms with Crippen LogP contribution in [0.4, 0.5) is 19.3 Å². The van der Waals surface area contributed by atoms with Crippen LogP contribution < -0.4 is 15.8 Å². The quantitative estimate of drug-likeness (QED) is 0.662. The smallest absolute Gasteiger partial charge is 0.316 e. The highest BCUT2D eigenvalue weighted by Crippen LogP contribution is 2.36. The number of likely N-dealkylation sites (tertiary alicyclic amines) is 1. The normalized spacial score (nSPS) is 15.4. The summed E-state index contributed by atoms with van der Waals surface area (Å²) in [4.78, 5) is 25.4. The molecule has 0 unspecified atom stereocenters. The number of primary amides is 1. The first-order valence-corrected chi connectivity index (χ1v) is 10.2. The van der Waals surface area contributed by atoms with Crippen molar-refractivity contribution in [2.75, 3.05) is 31.7 Å². The topological polar surface area (TPSA) is 84.7 Å². The van der Waals surface area contributed by atoms with Crippen LogP contribution in [0.2, 0.25) is 5.02 Å². The maximum atomic E-state index is 13.9. The number of hydrogen-bond donors (Lipinski definition) is 2. The number of nitrogens with one attached hydrogen (secondary N) is 1. The van der Waals surface area contributed by atoms with E-state index in [1.165, 1.54) is 24.3 Å². The van der Waals surface area contributed by atoms with E-state index in [1.54, 1.807) is 23.1 Å². The van der Waals surface area contributed by atoms with Crippen molar-refractivity contribution >= 4 is 29.2 Å². The Morgan fingerprint density at radius 1 is 1.16 bits per heavy atom. The zero-order valence-corrected chi connectivity index (χ0v) is 17.6. The van der Waals surface area contributed by atoms with Crippen LogP contribution in [0.5, 0.6) is 5.75 Å². The van der Waals surface area contributed by atoms with E-state index in [1.807, 2.05) is 0 Å². The Bertz CT molecular complexity index is 932. The van der Waals surface area contributed by atoms with Crippen LogP contribution in [-0.2, 0) is 11.2 Å². The molecule has 2 aromatic carbocycles. The Kier molecular flexibility index (Phi) is 7.33. The number of rotatable bonds is 7. The third-order valence-corrected chi connectivity index (χ3v) is 5.74. The molecule has 0 atom stereocenters. The average Bonchev–Trinajstić information content (AvgIpc) is 2.75. The van der Waals surface area contributed by atoms with Crippen LogP contribution in [0, 0.1) is 11.2 Å². The molecule has 3 rings (SSSR count). The number of anilines is 1. The summed E-state index contributed by atoms with van der Waals surface area (Å²) in [6, 6.07) is 9.87. The molecule has 2 aromatic rings. The van der Waals surface area contributed by atoms with Crippen LogP contribution in [0.15, 0.2) is 42.5 Å². The van der Waals surface area contributed by atoms with Gasteiger partial charge in [0.1, 0.15) is 11.6 Å². The number of nitrogens with two attached hydrogens (primary N) is 1. The molecule has 3 N–H and O–H groups in total. The first-order chi connectivity index (χ1) is 14.8. The molecule has 1 saturated heterocycles. The third kappa shape index (κ3) is 6.07. The van der Waals surface area contributed by atoms with Crippen molar-refractivity contribution in [2.45, 2.75) is 19.3 Å². The lowest BCUT2D eigenvalue weighted by Gasteiger charge is -2.40. The number of alkyl halides is 1. The summed E-state index contributed by atoms with van der Waals surface area (Å²) in [5.74, 6) is -0.300. The fourth-order valence-electron chi connectivity index (χ4n) is 3.71. The van der Waals surface area contributed by atoms with Crippen LogP contribution in [0.25, 0.3) is 0 Å². The molecule has 166 valence electrons. The van der Waals surface area contributed by atoms with Crippen molar-refractivity contribution in [1.82, 2.24) is 4.90 Å². The maximum absolute atomic E-state index is 13.9. The molecule has 0 aromatic heterocycles. The summed E-state index contributed by atoms with van der Waals surface area (Å²) in [7, 11) is 0. The number of piperidine rings is 1. The minimum atomic E-state index is -0.779. The van der Waals surface area contributed by atoms with Gasteiger partial charge in [0.2, 0.25) is 0 Å². The van der Waals surface area contributed by atoms with Gasteiger partial charge in [-0.3, -0.25) is 9.18 Å². The lowest BCUT2D eigenvalue weighted by Crippen LogP contribution is -2.46. The molecule has 0 bridgehead atoms. The summed E-state index contributed by atoms with van der Waals surface area (Å²) in [6.45, 7) is 0.0616. The van der Waals surface area contributed by atoms with Gasteiger partial charge in [-0.15, -0.1) is 0 Å². The summed E-state index contributed by atoms with van der Waals surface area (Å²) < 4.78 is 32.6. The largest absolute Gasteiger partial charge is 0.482 e. The summed E-state index contributed by atoms with van der Waals surface area (Å²) in [5.41, 5.74) is 5.72. The molecule has 6 nitrogen and oxygen atoms in total. The van der Waals surface area contributed by atoms with Gasteiger partial charge in [0, 0.05) is 23.5 Å². The fourth-order valence-corrected chi connectivity index (χ4v) is 3.88. The second-order valence-corrected chi connectivity index (χ2v) is 8.17. The minimum absolute atomic E-state index is 0.240. The van der Waals surface area contributed by atoms with Crippen LogP contribution in [0.3, 0.4) is 0 Å². The number of amides is 3. The second-order valence-electron chi connectivity index (χ2n) is 7.74. The fraction of sp³-hybridized carbons (Fsp3) is 0.364. The summed E-state index contributed by atoms with van der Waals surface area (Å²) >= 11 is 5.92. The highest BCUT2D eigenvalue weighted by molar-refractivity contribution is 6.31. The van der Waals surface area contributed by atoms with E-state index < -0.39 is 18.1 Å². The van der Waals surface area contributed by atoms with Crippen molar-refractivity contribution in [3.05, 3.63) is 58.9 Å². The minimum Gasteiger partial charge on any atom is -0.482 e. The SMILES string of the molecule is NC(=O)Nc1cc(Cl)ccc1OCC(=O)N1CCC(CF)(Cc2ccc(F)cc2)CC1. The molecule has 0 spiro atoms. The Morgan fingerprint density at radius 3 is 2.45 bits per heavy atom. The number of urea groups is 1. The molecule has 0 radical (unpaired) electrons. The maximum Gasteiger partial charge on any atom is 0.316 e. The van der Waals surface area contributed by atoms with Crippen LogP contribution in [-0.4, -0.2) is 43.2 Å². The van der Waals surface area contributed by atoms with Crippen molar-refractivity contribution < 1.29 is 23.1 Å². The highest BCUT2D eigenvalue weighted by Gasteiger charge is 2.36. The number of nitrogens with zero attached hydrogens (tertiary/aromatic N) is 1. The van der Waals surface area contributed by atoms with E-state index in [2.05, 4.69) is 5.32 Å². The molecule has 0 aliphatic carbocycles. The Morgan fingerprint density at radius 2 is 1.84 bits per heavy atom. The lowest BCUT2D eigenvalue weighted by molar-refractivity contribution is -0.135. The Hall–Kier alpha value is -2.87. The van der Waals surface area contributed by atoms with Gasteiger partial charge in [0.05, 0.1) is 12.4 Å². The van der Waals surface area contributed by atoms with Crippen LogP contribution >= 0.6 is 11.6 Å². The number of halogens is 3. The van der Waals surface area contributed by atoms with E-state index in [0.717, 1.165) is 5.56 Å². The van der Waals surface area contributed by atoms with Gasteiger partial charge in [0.25, 0.3) is 5.91 Å². The Labute approximate surface area is 184 Å². The molecule has 1 aliphatic rings. The molecule has 1 aliphatic heterocycles. The number of carbonyl (C=O) groups excluding carboxylic acids is 2.